The molecule has 2 aliphatic carbocycles. The van der Waals surface area contributed by atoms with Crippen molar-refractivity contribution in [2.75, 3.05) is 0 Å². The number of fused-ring (bicyclic) bond motifs is 13. The Morgan fingerprint density at radius 1 is 0.328 bits per heavy atom. The van der Waals surface area contributed by atoms with E-state index in [0.29, 0.717) is 12.1 Å². The van der Waals surface area contributed by atoms with Crippen LogP contribution in [-0.2, 0) is 0 Å². The smallest absolute Gasteiger partial charge is 0.140 e. The molecule has 2 fully saturated rings. The molecule has 0 saturated heterocycles. The van der Waals surface area contributed by atoms with Crippen molar-refractivity contribution in [3.63, 3.8) is 0 Å². The van der Waals surface area contributed by atoms with Crippen molar-refractivity contribution in [3.05, 3.63) is 140 Å². The Hall–Kier alpha value is -6.33. The number of aromatic nitrogens is 5. The van der Waals surface area contributed by atoms with E-state index in [2.05, 4.69) is 158 Å². The standard InChI is InChI=1S/C53H45N5/c1-3-16-34(17-4-1)55-44-24-11-9-22-38(44)42-33-49-43(32-48(42)55)39-23-10-13-26-46(39)57(49)50-28-15-29-51(54-50)58-47-27-14-8-21-37(47)41-31-30-40-36-20-7-12-25-45(36)56(52(40)53(41)58)35-18-5-2-6-19-35/h7-15,20-35H,1-6,16-19H2. The van der Waals surface area contributed by atoms with Crippen molar-refractivity contribution < 1.29 is 0 Å². The summed E-state index contributed by atoms with van der Waals surface area (Å²) in [6.45, 7) is 0. The Balaban J connectivity index is 1.10. The fourth-order valence-electron chi connectivity index (χ4n) is 11.6. The number of hydrogen-bond acceptors (Lipinski definition) is 1. The number of benzene rings is 6. The second kappa shape index (κ2) is 12.6. The van der Waals surface area contributed by atoms with E-state index < -0.39 is 0 Å². The lowest BCUT2D eigenvalue weighted by Crippen LogP contribution is -2.13. The maximum absolute atomic E-state index is 5.69. The second-order valence-electron chi connectivity index (χ2n) is 17.2. The second-order valence-corrected chi connectivity index (χ2v) is 17.2. The van der Waals surface area contributed by atoms with Crippen LogP contribution < -0.4 is 0 Å². The van der Waals surface area contributed by atoms with Crippen molar-refractivity contribution in [1.29, 1.82) is 0 Å². The van der Waals surface area contributed by atoms with Crippen LogP contribution in [0, 0.1) is 0 Å². The number of hydrogen-bond donors (Lipinski definition) is 0. The molecular formula is C53H45N5. The molecule has 5 aromatic heterocycles. The molecule has 282 valence electrons. The number of pyridine rings is 1. The highest BCUT2D eigenvalue weighted by molar-refractivity contribution is 6.23. The summed E-state index contributed by atoms with van der Waals surface area (Å²) in [5, 5.41) is 10.4. The molecule has 0 radical (unpaired) electrons. The molecule has 0 aliphatic heterocycles. The van der Waals surface area contributed by atoms with Crippen LogP contribution in [0.1, 0.15) is 76.3 Å². The van der Waals surface area contributed by atoms with Gasteiger partial charge in [-0.05, 0) is 74.2 Å². The molecule has 58 heavy (non-hydrogen) atoms. The van der Waals surface area contributed by atoms with Crippen molar-refractivity contribution in [2.24, 2.45) is 0 Å². The molecule has 0 unspecified atom stereocenters. The van der Waals surface area contributed by atoms with Gasteiger partial charge in [-0.2, -0.15) is 0 Å². The van der Waals surface area contributed by atoms with E-state index in [-0.39, 0.29) is 0 Å². The summed E-state index contributed by atoms with van der Waals surface area (Å²) in [7, 11) is 0. The van der Waals surface area contributed by atoms with E-state index in [4.69, 9.17) is 4.98 Å². The van der Waals surface area contributed by atoms with Gasteiger partial charge in [0.2, 0.25) is 0 Å². The zero-order chi connectivity index (χ0) is 37.9. The van der Waals surface area contributed by atoms with E-state index in [1.54, 1.807) is 0 Å². The zero-order valence-electron chi connectivity index (χ0n) is 32.7. The highest BCUT2D eigenvalue weighted by Gasteiger charge is 2.27. The molecule has 13 rings (SSSR count). The quantitative estimate of drug-likeness (QED) is 0.176. The average molecular weight is 752 g/mol. The van der Waals surface area contributed by atoms with Crippen LogP contribution in [0.2, 0.25) is 0 Å². The number of para-hydroxylation sites is 4. The largest absolute Gasteiger partial charge is 0.337 e. The van der Waals surface area contributed by atoms with Crippen LogP contribution in [0.5, 0.6) is 0 Å². The third-order valence-electron chi connectivity index (χ3n) is 14.1. The molecule has 0 bridgehead atoms. The Morgan fingerprint density at radius 2 is 0.776 bits per heavy atom. The van der Waals surface area contributed by atoms with E-state index in [9.17, 15) is 0 Å². The van der Waals surface area contributed by atoms with Gasteiger partial charge < -0.3 is 9.13 Å². The Kier molecular flexibility index (Phi) is 7.10. The highest BCUT2D eigenvalue weighted by atomic mass is 15.1. The van der Waals surface area contributed by atoms with E-state index in [1.807, 2.05) is 0 Å². The summed E-state index contributed by atoms with van der Waals surface area (Å²) in [6, 6.07) is 53.3. The molecule has 2 saturated carbocycles. The molecular weight excluding hydrogens is 707 g/mol. The van der Waals surface area contributed by atoms with Crippen molar-refractivity contribution in [3.8, 4) is 11.6 Å². The van der Waals surface area contributed by atoms with Gasteiger partial charge in [0.1, 0.15) is 11.6 Å². The fourth-order valence-corrected chi connectivity index (χ4v) is 11.6. The Bertz CT molecular complexity index is 3430. The molecule has 5 heterocycles. The summed E-state index contributed by atoms with van der Waals surface area (Å²) in [5.41, 5.74) is 10.2. The van der Waals surface area contributed by atoms with E-state index >= 15 is 0 Å². The van der Waals surface area contributed by atoms with Gasteiger partial charge in [-0.1, -0.05) is 130 Å². The minimum atomic E-state index is 0.478. The molecule has 11 aromatic rings. The van der Waals surface area contributed by atoms with Crippen LogP contribution in [0.3, 0.4) is 0 Å². The van der Waals surface area contributed by atoms with Gasteiger partial charge in [0.05, 0.1) is 33.1 Å². The molecule has 6 aromatic carbocycles. The maximum atomic E-state index is 5.69. The lowest BCUT2D eigenvalue weighted by Gasteiger charge is -2.25. The van der Waals surface area contributed by atoms with E-state index in [1.165, 1.54) is 151 Å². The van der Waals surface area contributed by atoms with Crippen molar-refractivity contribution >= 4 is 87.2 Å². The monoisotopic (exact) mass is 751 g/mol. The minimum Gasteiger partial charge on any atom is -0.337 e. The predicted molar refractivity (Wildman–Crippen MR) is 243 cm³/mol. The summed E-state index contributed by atoms with van der Waals surface area (Å²) in [5.74, 6) is 1.88. The van der Waals surface area contributed by atoms with Gasteiger partial charge in [0.25, 0.3) is 0 Å². The topological polar surface area (TPSA) is 32.6 Å². The first-order valence-electron chi connectivity index (χ1n) is 21.7. The lowest BCUT2D eigenvalue weighted by atomic mass is 9.95. The first-order valence-corrected chi connectivity index (χ1v) is 21.7. The van der Waals surface area contributed by atoms with Gasteiger partial charge in [-0.3, -0.25) is 9.13 Å². The molecule has 0 N–H and O–H groups in total. The SMILES string of the molecule is c1cc(-n2c3ccccc3c3cc4c(cc32)c2ccccc2n4C2CCCCC2)nc(-n2c3ccccc3c3ccc4c5ccccc5n(C5CCCCC5)c4c32)c1. The van der Waals surface area contributed by atoms with Gasteiger partial charge in [-0.25, -0.2) is 4.98 Å². The third-order valence-corrected chi connectivity index (χ3v) is 14.1. The minimum absolute atomic E-state index is 0.478. The van der Waals surface area contributed by atoms with Gasteiger partial charge in [0, 0.05) is 66.2 Å². The highest BCUT2D eigenvalue weighted by Crippen LogP contribution is 2.45. The average Bonchev–Trinajstić information content (AvgIpc) is 4.01. The summed E-state index contributed by atoms with van der Waals surface area (Å²) >= 11 is 0. The normalized spacial score (nSPS) is 16.1. The first kappa shape index (κ1) is 32.7. The van der Waals surface area contributed by atoms with Crippen LogP contribution in [-0.4, -0.2) is 23.3 Å². The van der Waals surface area contributed by atoms with Gasteiger partial charge >= 0.3 is 0 Å². The number of rotatable bonds is 4. The van der Waals surface area contributed by atoms with Crippen LogP contribution in [0.15, 0.2) is 140 Å². The fraction of sp³-hybridized carbons (Fsp3) is 0.226. The molecule has 0 amide bonds. The lowest BCUT2D eigenvalue weighted by molar-refractivity contribution is 0.367. The number of nitrogens with zero attached hydrogens (tertiary/aromatic N) is 5. The van der Waals surface area contributed by atoms with Crippen LogP contribution >= 0.6 is 0 Å². The van der Waals surface area contributed by atoms with E-state index in [0.717, 1.165) is 11.6 Å². The molecule has 0 atom stereocenters. The molecule has 5 heteroatoms. The van der Waals surface area contributed by atoms with Gasteiger partial charge in [0.15, 0.2) is 0 Å². The molecule has 5 nitrogen and oxygen atoms in total. The van der Waals surface area contributed by atoms with Crippen LogP contribution in [0.25, 0.3) is 98.9 Å². The molecule has 0 spiro atoms. The van der Waals surface area contributed by atoms with Gasteiger partial charge in [-0.15, -0.1) is 0 Å². The summed E-state index contributed by atoms with van der Waals surface area (Å²) in [4.78, 5) is 5.69. The third kappa shape index (κ3) is 4.56. The summed E-state index contributed by atoms with van der Waals surface area (Å²) in [6.07, 6.45) is 12.8. The summed E-state index contributed by atoms with van der Waals surface area (Å²) < 4.78 is 10.3. The first-order chi connectivity index (χ1) is 28.8. The molecule has 2 aliphatic rings. The van der Waals surface area contributed by atoms with Crippen molar-refractivity contribution in [2.45, 2.75) is 76.3 Å². The zero-order valence-corrected chi connectivity index (χ0v) is 32.7. The van der Waals surface area contributed by atoms with Crippen LogP contribution in [0.4, 0.5) is 0 Å². The van der Waals surface area contributed by atoms with Crippen molar-refractivity contribution in [1.82, 2.24) is 23.3 Å². The predicted octanol–water partition coefficient (Wildman–Crippen LogP) is 14.5. The maximum Gasteiger partial charge on any atom is 0.140 e. The Labute approximate surface area is 336 Å². The Morgan fingerprint density at radius 3 is 1.43 bits per heavy atom.